The molecular weight excluding hydrogens is 420 g/mol. The molecule has 0 unspecified atom stereocenters. The number of thiophene rings is 1. The van der Waals surface area contributed by atoms with Crippen molar-refractivity contribution in [3.05, 3.63) is 51.7 Å². The lowest BCUT2D eigenvalue weighted by Crippen LogP contribution is -2.48. The third kappa shape index (κ3) is 4.56. The molecular formula is C26H32N2O3S. The number of hydrogen-bond acceptors (Lipinski definition) is 4. The van der Waals surface area contributed by atoms with Crippen LogP contribution in [0.25, 0.3) is 0 Å². The van der Waals surface area contributed by atoms with Crippen molar-refractivity contribution < 1.29 is 14.3 Å². The third-order valence-corrected chi connectivity index (χ3v) is 7.87. The van der Waals surface area contributed by atoms with E-state index in [2.05, 4.69) is 37.4 Å². The van der Waals surface area contributed by atoms with E-state index in [0.29, 0.717) is 19.1 Å². The summed E-state index contributed by atoms with van der Waals surface area (Å²) in [6, 6.07) is 10.5. The van der Waals surface area contributed by atoms with Crippen LogP contribution in [0.3, 0.4) is 0 Å². The van der Waals surface area contributed by atoms with Gasteiger partial charge in [0.1, 0.15) is 18.9 Å². The minimum Gasteiger partial charge on any atom is -0.491 e. The van der Waals surface area contributed by atoms with Gasteiger partial charge >= 0.3 is 0 Å². The average Bonchev–Trinajstić information content (AvgIpc) is 3.73. The minimum absolute atomic E-state index is 0.0477. The highest BCUT2D eigenvalue weighted by molar-refractivity contribution is 7.10. The van der Waals surface area contributed by atoms with Gasteiger partial charge in [0, 0.05) is 23.4 Å². The number of rotatable bonds is 8. The quantitative estimate of drug-likeness (QED) is 0.579. The fourth-order valence-corrected chi connectivity index (χ4v) is 5.50. The van der Waals surface area contributed by atoms with E-state index in [4.69, 9.17) is 4.74 Å². The monoisotopic (exact) mass is 452 g/mol. The topological polar surface area (TPSA) is 49.9 Å². The summed E-state index contributed by atoms with van der Waals surface area (Å²) >= 11 is 1.76. The van der Waals surface area contributed by atoms with Crippen LogP contribution in [-0.4, -0.2) is 47.4 Å². The number of benzene rings is 1. The van der Waals surface area contributed by atoms with E-state index < -0.39 is 0 Å². The Morgan fingerprint density at radius 2 is 1.88 bits per heavy atom. The Kier molecular flexibility index (Phi) is 5.97. The molecule has 2 amide bonds. The van der Waals surface area contributed by atoms with Crippen LogP contribution in [0.1, 0.15) is 67.5 Å². The second kappa shape index (κ2) is 8.89. The number of ether oxygens (including phenoxy) is 1. The Morgan fingerprint density at radius 3 is 2.53 bits per heavy atom. The highest BCUT2D eigenvalue weighted by Crippen LogP contribution is 2.37. The second-order valence-electron chi connectivity index (χ2n) is 9.66. The van der Waals surface area contributed by atoms with Crippen molar-refractivity contribution in [3.63, 3.8) is 0 Å². The van der Waals surface area contributed by atoms with Crippen molar-refractivity contribution in [2.24, 2.45) is 5.92 Å². The van der Waals surface area contributed by atoms with Gasteiger partial charge in [0.25, 0.3) is 0 Å². The van der Waals surface area contributed by atoms with E-state index in [1.165, 1.54) is 16.0 Å². The Labute approximate surface area is 194 Å². The highest BCUT2D eigenvalue weighted by Gasteiger charge is 2.42. The first kappa shape index (κ1) is 21.5. The molecule has 5 rings (SSSR count). The maximum Gasteiger partial charge on any atom is 0.242 e. The number of amides is 2. The van der Waals surface area contributed by atoms with Gasteiger partial charge in [-0.15, -0.1) is 11.3 Å². The summed E-state index contributed by atoms with van der Waals surface area (Å²) < 4.78 is 6.18. The van der Waals surface area contributed by atoms with E-state index in [9.17, 15) is 9.59 Å². The summed E-state index contributed by atoms with van der Waals surface area (Å²) in [5.41, 5.74) is 2.48. The summed E-state index contributed by atoms with van der Waals surface area (Å²) in [6.07, 6.45) is 4.88. The van der Waals surface area contributed by atoms with E-state index in [1.807, 2.05) is 21.9 Å². The fraction of sp³-hybridized carbons (Fsp3) is 0.538. The SMILES string of the molecule is CC(C)c1ccc(OC[C@@H]2c3ccsc3CCN2C(=O)CN(C(=O)C2CC2)C2CC2)cc1. The van der Waals surface area contributed by atoms with Crippen molar-refractivity contribution in [3.8, 4) is 5.75 Å². The lowest BCUT2D eigenvalue weighted by Gasteiger charge is -2.37. The van der Waals surface area contributed by atoms with Gasteiger partial charge in [-0.3, -0.25) is 9.59 Å². The van der Waals surface area contributed by atoms with Gasteiger partial charge < -0.3 is 14.5 Å². The Morgan fingerprint density at radius 1 is 1.12 bits per heavy atom. The molecule has 2 fully saturated rings. The van der Waals surface area contributed by atoms with Crippen LogP contribution in [0.2, 0.25) is 0 Å². The van der Waals surface area contributed by atoms with Crippen LogP contribution in [0.15, 0.2) is 35.7 Å². The first-order valence-electron chi connectivity index (χ1n) is 11.9. The summed E-state index contributed by atoms with van der Waals surface area (Å²) in [7, 11) is 0. The summed E-state index contributed by atoms with van der Waals surface area (Å²) in [5, 5.41) is 2.11. The summed E-state index contributed by atoms with van der Waals surface area (Å²) in [5.74, 6) is 1.70. The molecule has 2 aliphatic carbocycles. The number of fused-ring (bicyclic) bond motifs is 1. The van der Waals surface area contributed by atoms with Gasteiger partial charge in [-0.1, -0.05) is 26.0 Å². The maximum absolute atomic E-state index is 13.4. The normalized spacial score (nSPS) is 20.2. The molecule has 0 spiro atoms. The first-order valence-corrected chi connectivity index (χ1v) is 12.8. The van der Waals surface area contributed by atoms with Crippen LogP contribution >= 0.6 is 11.3 Å². The standard InChI is InChI=1S/C26H32N2O3S/c1-17(2)18-5-9-21(10-6-18)31-16-23-22-12-14-32-24(22)11-13-27(23)25(29)15-28(20-7-8-20)26(30)19-3-4-19/h5-6,9-10,12,14,17,19-20,23H,3-4,7-8,11,13,15-16H2,1-2H3/t23-/m1/s1. The fourth-order valence-electron chi connectivity index (χ4n) is 4.57. The van der Waals surface area contributed by atoms with Crippen molar-refractivity contribution in [2.75, 3.05) is 19.7 Å². The van der Waals surface area contributed by atoms with Crippen molar-refractivity contribution in [1.82, 2.24) is 9.80 Å². The molecule has 3 aliphatic rings. The van der Waals surface area contributed by atoms with Gasteiger partial charge in [-0.25, -0.2) is 0 Å². The molecule has 5 nitrogen and oxygen atoms in total. The number of carbonyl (C=O) groups excluding carboxylic acids is 2. The molecule has 2 saturated carbocycles. The molecule has 32 heavy (non-hydrogen) atoms. The van der Waals surface area contributed by atoms with Crippen LogP contribution < -0.4 is 4.74 Å². The molecule has 1 aliphatic heterocycles. The van der Waals surface area contributed by atoms with Crippen LogP contribution in [0.4, 0.5) is 0 Å². The summed E-state index contributed by atoms with van der Waals surface area (Å²) in [6.45, 7) is 5.68. The third-order valence-electron chi connectivity index (χ3n) is 6.87. The summed E-state index contributed by atoms with van der Waals surface area (Å²) in [4.78, 5) is 31.4. The highest BCUT2D eigenvalue weighted by atomic mass is 32.1. The van der Waals surface area contributed by atoms with Crippen LogP contribution in [0.5, 0.6) is 5.75 Å². The average molecular weight is 453 g/mol. The Balaban J connectivity index is 1.30. The lowest BCUT2D eigenvalue weighted by molar-refractivity contribution is -0.143. The van der Waals surface area contributed by atoms with Crippen LogP contribution in [0, 0.1) is 5.92 Å². The molecule has 1 aromatic carbocycles. The van der Waals surface area contributed by atoms with Gasteiger partial charge in [-0.05, 0) is 72.7 Å². The molecule has 1 aromatic heterocycles. The molecule has 0 bridgehead atoms. The molecule has 2 aromatic rings. The van der Waals surface area contributed by atoms with E-state index >= 15 is 0 Å². The zero-order valence-corrected chi connectivity index (χ0v) is 19.8. The molecule has 6 heteroatoms. The Bertz CT molecular complexity index is 975. The van der Waals surface area contributed by atoms with Gasteiger partial charge in [-0.2, -0.15) is 0 Å². The lowest BCUT2D eigenvalue weighted by atomic mass is 10.00. The molecule has 0 saturated heterocycles. The smallest absolute Gasteiger partial charge is 0.242 e. The molecule has 1 atom stereocenters. The minimum atomic E-state index is -0.112. The van der Waals surface area contributed by atoms with E-state index in [1.54, 1.807) is 11.3 Å². The first-order chi connectivity index (χ1) is 15.5. The molecule has 2 heterocycles. The van der Waals surface area contributed by atoms with Gasteiger partial charge in [0.05, 0.1) is 6.04 Å². The van der Waals surface area contributed by atoms with E-state index in [-0.39, 0.29) is 36.4 Å². The van der Waals surface area contributed by atoms with Crippen molar-refractivity contribution in [2.45, 2.75) is 64.0 Å². The second-order valence-corrected chi connectivity index (χ2v) is 10.7. The predicted octanol–water partition coefficient (Wildman–Crippen LogP) is 4.78. The molecule has 0 radical (unpaired) electrons. The zero-order chi connectivity index (χ0) is 22.2. The van der Waals surface area contributed by atoms with Gasteiger partial charge in [0.15, 0.2) is 0 Å². The van der Waals surface area contributed by atoms with Gasteiger partial charge in [0.2, 0.25) is 11.8 Å². The van der Waals surface area contributed by atoms with Crippen molar-refractivity contribution >= 4 is 23.2 Å². The molecule has 0 N–H and O–H groups in total. The number of nitrogens with zero attached hydrogens (tertiary/aromatic N) is 2. The predicted molar refractivity (Wildman–Crippen MR) is 126 cm³/mol. The Hall–Kier alpha value is -2.34. The number of hydrogen-bond donors (Lipinski definition) is 0. The largest absolute Gasteiger partial charge is 0.491 e. The molecule has 170 valence electrons. The van der Waals surface area contributed by atoms with Crippen molar-refractivity contribution in [1.29, 1.82) is 0 Å². The van der Waals surface area contributed by atoms with Crippen LogP contribution in [-0.2, 0) is 16.0 Å². The maximum atomic E-state index is 13.4. The zero-order valence-electron chi connectivity index (χ0n) is 19.0. The van der Waals surface area contributed by atoms with E-state index in [0.717, 1.165) is 37.9 Å². The number of carbonyl (C=O) groups is 2.